The molecular weight excluding hydrogens is 187 g/mol. The molecule has 0 atom stereocenters. The van der Waals surface area contributed by atoms with Gasteiger partial charge in [0.05, 0.1) is 0 Å². The van der Waals surface area contributed by atoms with Crippen LogP contribution in [0.5, 0.6) is 0 Å². The van der Waals surface area contributed by atoms with Gasteiger partial charge in [-0.05, 0) is 18.1 Å². The van der Waals surface area contributed by atoms with Gasteiger partial charge in [-0.1, -0.05) is 18.2 Å². The van der Waals surface area contributed by atoms with E-state index < -0.39 is 0 Å². The number of H-pyrrole nitrogens is 1. The van der Waals surface area contributed by atoms with Gasteiger partial charge in [0.25, 0.3) is 0 Å². The molecule has 0 bridgehead atoms. The molecule has 2 rings (SSSR count). The second kappa shape index (κ2) is 6.14. The van der Waals surface area contributed by atoms with Crippen molar-refractivity contribution in [1.82, 2.24) is 4.98 Å². The van der Waals surface area contributed by atoms with E-state index in [9.17, 15) is 0 Å². The Bertz CT molecular complexity index is 425. The van der Waals surface area contributed by atoms with Crippen molar-refractivity contribution in [3.8, 4) is 0 Å². The van der Waals surface area contributed by atoms with Crippen LogP contribution < -0.4 is 0 Å². The number of nitrogens with one attached hydrogen (secondary N) is 2. The van der Waals surface area contributed by atoms with Crippen molar-refractivity contribution < 1.29 is 4.70 Å². The maximum atomic E-state index is 8.81. The van der Waals surface area contributed by atoms with Crippen LogP contribution in [0.2, 0.25) is 6.82 Å². The van der Waals surface area contributed by atoms with Crippen molar-refractivity contribution >= 4 is 18.1 Å². The first kappa shape index (κ1) is 11.7. The molecule has 0 saturated heterocycles. The predicted octanol–water partition coefficient (Wildman–Crippen LogP) is 2.85. The Kier molecular flexibility index (Phi) is 4.77. The Balaban J connectivity index is 0.000000337. The molecule has 15 heavy (non-hydrogen) atoms. The fraction of sp³-hybridized carbons (Fsp3) is 0.273. The van der Waals surface area contributed by atoms with Gasteiger partial charge in [-0.25, -0.2) is 0 Å². The van der Waals surface area contributed by atoms with E-state index in [-0.39, 0.29) is 0 Å². The Morgan fingerprint density at radius 2 is 2.07 bits per heavy atom. The van der Waals surface area contributed by atoms with Gasteiger partial charge >= 0.3 is 18.7 Å². The maximum absolute atomic E-state index is 8.81. The largest absolute Gasteiger partial charge is 0.677 e. The Labute approximate surface area is 89.9 Å². The molecule has 4 heteroatoms. The van der Waals surface area contributed by atoms with Gasteiger partial charge in [-0.2, -0.15) is 0 Å². The average Bonchev–Trinajstić information content (AvgIpc) is 2.64. The zero-order chi connectivity index (χ0) is 11.1. The van der Waals surface area contributed by atoms with Crippen LogP contribution in [-0.4, -0.2) is 18.7 Å². The molecule has 0 aliphatic heterocycles. The Morgan fingerprint density at radius 1 is 1.40 bits per heavy atom. The van der Waals surface area contributed by atoms with Crippen LogP contribution in [-0.2, 0) is 11.1 Å². The summed E-state index contributed by atoms with van der Waals surface area (Å²) >= 11 is 0. The summed E-state index contributed by atoms with van der Waals surface area (Å²) in [6.45, 7) is 1.90. The molecule has 1 heterocycles. The van der Waals surface area contributed by atoms with E-state index in [1.165, 1.54) is 23.3 Å². The van der Waals surface area contributed by atoms with Crippen molar-refractivity contribution in [3.05, 3.63) is 41.8 Å². The third-order valence-electron chi connectivity index (χ3n) is 2.07. The molecule has 1 aromatic heterocycles. The molecule has 0 radical (unpaired) electrons. The number of benzene rings is 1. The molecule has 0 amide bonds. The van der Waals surface area contributed by atoms with Crippen LogP contribution in [0.15, 0.2) is 30.5 Å². The molecule has 0 aliphatic carbocycles. The zero-order valence-electron chi connectivity index (χ0n) is 8.79. The van der Waals surface area contributed by atoms with E-state index >= 15 is 0 Å². The maximum Gasteiger partial charge on any atom is 0.0456 e. The normalized spacial score (nSPS) is 9.20. The van der Waals surface area contributed by atoms with Gasteiger partial charge in [0.2, 0.25) is 0 Å². The summed E-state index contributed by atoms with van der Waals surface area (Å²) in [5, 5.41) is 1.25. The van der Waals surface area contributed by atoms with Crippen LogP contribution in [0.25, 0.3) is 16.6 Å². The summed E-state index contributed by atoms with van der Waals surface area (Å²) in [7, 11) is 0.750. The number of fused-ring (bicyclic) bond motifs is 1. The summed E-state index contributed by atoms with van der Waals surface area (Å²) in [5.74, 6) is 0. The number of aromatic amines is 1. The van der Waals surface area contributed by atoms with Gasteiger partial charge in [0.1, 0.15) is 0 Å². The van der Waals surface area contributed by atoms with Crippen LogP contribution in [0, 0.1) is 0 Å². The number of rotatable bonds is 2. The molecule has 2 aromatic rings. The minimum atomic E-state index is 0.460. The Hall–Kier alpha value is -1.42. The zero-order valence-corrected chi connectivity index (χ0v) is 8.79. The first-order valence-corrected chi connectivity index (χ1v) is 4.92. The summed E-state index contributed by atoms with van der Waals surface area (Å²) in [6.07, 6.45) is 2.84. The molecule has 0 spiro atoms. The minimum absolute atomic E-state index is 0.460. The quantitative estimate of drug-likeness (QED) is 0.746. The molecule has 78 valence electrons. The molecule has 0 saturated carbocycles. The smallest absolute Gasteiger partial charge is 0.0456 e. The first-order valence-electron chi connectivity index (χ1n) is 4.92. The second-order valence-electron chi connectivity index (χ2n) is 3.10. The van der Waals surface area contributed by atoms with Gasteiger partial charge in [-0.15, -0.1) is 6.54 Å². The average molecular weight is 201 g/mol. The van der Waals surface area contributed by atoms with Gasteiger partial charge < -0.3 is 10.7 Å². The monoisotopic (exact) mass is 201 g/mol. The number of para-hydroxylation sites is 1. The van der Waals surface area contributed by atoms with E-state index in [4.69, 9.17) is 10.4 Å². The van der Waals surface area contributed by atoms with Crippen molar-refractivity contribution in [2.45, 2.75) is 13.2 Å². The third kappa shape index (κ3) is 3.03. The summed E-state index contributed by atoms with van der Waals surface area (Å²) in [6, 6.07) is 8.20. The number of aromatic nitrogens is 1. The summed E-state index contributed by atoms with van der Waals surface area (Å²) in [5.41, 5.74) is 9.56. The third-order valence-corrected chi connectivity index (χ3v) is 2.07. The van der Waals surface area contributed by atoms with Crippen LogP contribution >= 0.6 is 0 Å². The summed E-state index contributed by atoms with van der Waals surface area (Å²) < 4.78 is 8.81. The molecule has 3 nitrogen and oxygen atoms in total. The molecule has 0 aliphatic rings. The SMILES string of the molecule is CB=O.[NH-]CCc1c[nH]c2ccccc12. The van der Waals surface area contributed by atoms with Crippen LogP contribution in [0.1, 0.15) is 5.56 Å². The molecular formula is C11H14BN2O-. The van der Waals surface area contributed by atoms with Crippen molar-refractivity contribution in [2.24, 2.45) is 0 Å². The van der Waals surface area contributed by atoms with Crippen molar-refractivity contribution in [3.63, 3.8) is 0 Å². The van der Waals surface area contributed by atoms with E-state index in [1.54, 1.807) is 0 Å². The standard InChI is InChI=1S/C10H11N2.CH3BO/c11-6-5-8-7-12-10-4-2-1-3-9(8)10;1-2-3/h1-4,7,11-12H,5-6H2;1H3/q-1;. The van der Waals surface area contributed by atoms with E-state index in [0.717, 1.165) is 13.6 Å². The predicted molar refractivity (Wildman–Crippen MR) is 63.5 cm³/mol. The van der Waals surface area contributed by atoms with E-state index in [2.05, 4.69) is 17.1 Å². The minimum Gasteiger partial charge on any atom is -0.677 e. The Morgan fingerprint density at radius 3 is 2.73 bits per heavy atom. The molecule has 1 aromatic carbocycles. The van der Waals surface area contributed by atoms with Crippen molar-refractivity contribution in [1.29, 1.82) is 0 Å². The number of hydrogen-bond acceptors (Lipinski definition) is 1. The number of hydrogen-bond donors (Lipinski definition) is 1. The van der Waals surface area contributed by atoms with Crippen LogP contribution in [0.4, 0.5) is 0 Å². The first-order chi connectivity index (χ1) is 7.33. The molecule has 2 N–H and O–H groups in total. The van der Waals surface area contributed by atoms with Gasteiger partial charge in [-0.3, -0.25) is 0 Å². The second-order valence-corrected chi connectivity index (χ2v) is 3.10. The fourth-order valence-corrected chi connectivity index (χ4v) is 1.47. The van der Waals surface area contributed by atoms with Crippen LogP contribution in [0.3, 0.4) is 0 Å². The van der Waals surface area contributed by atoms with E-state index in [0.29, 0.717) is 6.54 Å². The molecule has 0 fully saturated rings. The van der Waals surface area contributed by atoms with Gasteiger partial charge in [0.15, 0.2) is 0 Å². The summed E-state index contributed by atoms with van der Waals surface area (Å²) in [4.78, 5) is 3.19. The topological polar surface area (TPSA) is 56.7 Å². The fourth-order valence-electron chi connectivity index (χ4n) is 1.47. The van der Waals surface area contributed by atoms with Gasteiger partial charge in [0, 0.05) is 17.1 Å². The van der Waals surface area contributed by atoms with E-state index in [1.807, 2.05) is 18.3 Å². The molecule has 0 unspecified atom stereocenters. The van der Waals surface area contributed by atoms with Crippen molar-refractivity contribution in [2.75, 3.05) is 6.54 Å².